The van der Waals surface area contributed by atoms with E-state index in [1.165, 1.54) is 7.11 Å². The highest BCUT2D eigenvalue weighted by Crippen LogP contribution is 2.45. The zero-order valence-electron chi connectivity index (χ0n) is 15.7. The van der Waals surface area contributed by atoms with Gasteiger partial charge in [-0.1, -0.05) is 29.3 Å². The fourth-order valence-electron chi connectivity index (χ4n) is 4.15. The number of aliphatic carboxylic acids is 1. The Balaban J connectivity index is 1.67. The highest BCUT2D eigenvalue weighted by Gasteiger charge is 2.55. The lowest BCUT2D eigenvalue weighted by Gasteiger charge is -2.23. The van der Waals surface area contributed by atoms with Crippen molar-refractivity contribution in [3.63, 3.8) is 0 Å². The van der Waals surface area contributed by atoms with Crippen molar-refractivity contribution in [2.75, 3.05) is 12.4 Å². The minimum atomic E-state index is -1.06. The number of anilines is 1. The molecular weight excluding hydrogens is 453 g/mol. The van der Waals surface area contributed by atoms with E-state index in [0.717, 1.165) is 11.3 Å². The number of esters is 1. The summed E-state index contributed by atoms with van der Waals surface area (Å²) in [5.74, 6) is -3.89. The molecule has 0 saturated carbocycles. The van der Waals surface area contributed by atoms with Crippen LogP contribution >= 0.6 is 34.5 Å². The number of hydrogen-bond acceptors (Lipinski definition) is 6. The van der Waals surface area contributed by atoms with E-state index < -0.39 is 41.9 Å². The Labute approximate surface area is 185 Å². The van der Waals surface area contributed by atoms with Gasteiger partial charge in [-0.05, 0) is 30.5 Å². The highest BCUT2D eigenvalue weighted by atomic mass is 35.5. The molecule has 30 heavy (non-hydrogen) atoms. The molecule has 1 aromatic carbocycles. The Morgan fingerprint density at radius 1 is 1.17 bits per heavy atom. The second-order valence-corrected chi connectivity index (χ2v) is 8.84. The summed E-state index contributed by atoms with van der Waals surface area (Å²) in [6, 6.07) is 4.94. The second-order valence-electron chi connectivity index (χ2n) is 7.14. The van der Waals surface area contributed by atoms with Gasteiger partial charge in [0.25, 0.3) is 0 Å². The number of carbonyl (C=O) groups excluding carboxylic acids is 2. The van der Waals surface area contributed by atoms with Gasteiger partial charge in [-0.2, -0.15) is 0 Å². The van der Waals surface area contributed by atoms with Crippen molar-refractivity contribution in [1.29, 1.82) is 0 Å². The van der Waals surface area contributed by atoms with E-state index in [-0.39, 0.29) is 10.6 Å². The van der Waals surface area contributed by atoms with Crippen LogP contribution in [0.25, 0.3) is 11.1 Å². The van der Waals surface area contributed by atoms with Crippen LogP contribution in [0.5, 0.6) is 0 Å². The molecule has 2 aliphatic rings. The summed E-state index contributed by atoms with van der Waals surface area (Å²) in [5.41, 5.74) is 1.33. The van der Waals surface area contributed by atoms with Crippen LogP contribution < -0.4 is 5.32 Å². The van der Waals surface area contributed by atoms with Gasteiger partial charge < -0.3 is 19.9 Å². The summed E-state index contributed by atoms with van der Waals surface area (Å²) in [6.07, 6.45) is 0.361. The molecule has 0 aliphatic carbocycles. The Hall–Kier alpha value is -2.13. The Morgan fingerprint density at radius 3 is 2.50 bits per heavy atom. The standard InChI is InChI=1S/C20H17Cl2NO6S/c1-28-20(27)14-9(8-2-3-10(21)11(22)6-8)7-30-18(14)23-17(24)15-12-4-5-13(29-12)16(15)19(25)26/h2-3,6-7,12-13,15-16H,4-5H2,1H3,(H,23,24)(H,25,26)/t12-,13-,15+,16-/m0/s1. The minimum Gasteiger partial charge on any atom is -0.481 e. The van der Waals surface area contributed by atoms with E-state index >= 15 is 0 Å². The Morgan fingerprint density at radius 2 is 1.87 bits per heavy atom. The maximum atomic E-state index is 13.0. The molecule has 1 aromatic heterocycles. The third-order valence-electron chi connectivity index (χ3n) is 5.51. The fraction of sp³-hybridized carbons (Fsp3) is 0.350. The lowest BCUT2D eigenvalue weighted by Crippen LogP contribution is -2.41. The summed E-state index contributed by atoms with van der Waals surface area (Å²) in [7, 11) is 1.24. The van der Waals surface area contributed by atoms with Crippen molar-refractivity contribution in [2.24, 2.45) is 11.8 Å². The van der Waals surface area contributed by atoms with Crippen LogP contribution in [0.15, 0.2) is 23.6 Å². The van der Waals surface area contributed by atoms with Crippen molar-refractivity contribution in [3.05, 3.63) is 39.2 Å². The van der Waals surface area contributed by atoms with Crippen LogP contribution in [0.4, 0.5) is 5.00 Å². The average Bonchev–Trinajstić information content (AvgIpc) is 3.43. The third-order valence-corrected chi connectivity index (χ3v) is 7.14. The van der Waals surface area contributed by atoms with Gasteiger partial charge >= 0.3 is 11.9 Å². The van der Waals surface area contributed by atoms with E-state index in [1.807, 2.05) is 0 Å². The van der Waals surface area contributed by atoms with Crippen LogP contribution in [0.2, 0.25) is 10.0 Å². The topological polar surface area (TPSA) is 102 Å². The van der Waals surface area contributed by atoms with Crippen LogP contribution in [0.3, 0.4) is 0 Å². The number of carbonyl (C=O) groups is 3. The molecular formula is C20H17Cl2NO6S. The molecule has 4 atom stereocenters. The molecule has 10 heteroatoms. The number of thiophene rings is 1. The molecule has 4 rings (SSSR count). The van der Waals surface area contributed by atoms with Crippen molar-refractivity contribution in [2.45, 2.75) is 25.0 Å². The largest absolute Gasteiger partial charge is 0.481 e. The number of hydrogen-bond donors (Lipinski definition) is 2. The molecule has 2 saturated heterocycles. The molecule has 0 spiro atoms. The predicted molar refractivity (Wildman–Crippen MR) is 112 cm³/mol. The summed E-state index contributed by atoms with van der Waals surface area (Å²) < 4.78 is 10.6. The molecule has 2 bridgehead atoms. The van der Waals surface area contributed by atoms with Gasteiger partial charge in [0.15, 0.2) is 0 Å². The smallest absolute Gasteiger partial charge is 0.341 e. The summed E-state index contributed by atoms with van der Waals surface area (Å²) in [6.45, 7) is 0. The zero-order chi connectivity index (χ0) is 21.6. The number of benzene rings is 1. The quantitative estimate of drug-likeness (QED) is 0.631. The Bertz CT molecular complexity index is 1040. The first kappa shape index (κ1) is 21.1. The van der Waals surface area contributed by atoms with Crippen molar-refractivity contribution in [3.8, 4) is 11.1 Å². The van der Waals surface area contributed by atoms with E-state index in [4.69, 9.17) is 32.7 Å². The SMILES string of the molecule is COC(=O)c1c(-c2ccc(Cl)c(Cl)c2)csc1NC(=O)[C@H]1[C@@H](C(=O)O)[C@@H]2CC[C@@H]1O2. The van der Waals surface area contributed by atoms with Crippen molar-refractivity contribution in [1.82, 2.24) is 0 Å². The summed E-state index contributed by atoms with van der Waals surface area (Å²) in [5, 5.41) is 15.0. The number of carboxylic acids is 1. The molecule has 3 heterocycles. The van der Waals surface area contributed by atoms with Crippen molar-refractivity contribution >= 4 is 57.4 Å². The molecule has 2 aliphatic heterocycles. The van der Waals surface area contributed by atoms with Gasteiger partial charge in [0.2, 0.25) is 5.91 Å². The molecule has 0 unspecified atom stereocenters. The predicted octanol–water partition coefficient (Wildman–Crippen LogP) is 4.33. The summed E-state index contributed by atoms with van der Waals surface area (Å²) >= 11 is 13.2. The second kappa shape index (κ2) is 8.19. The molecule has 0 radical (unpaired) electrons. The van der Waals surface area contributed by atoms with Gasteiger partial charge in [-0.15, -0.1) is 11.3 Å². The third kappa shape index (κ3) is 3.58. The number of nitrogens with one attached hydrogen (secondary N) is 1. The van der Waals surface area contributed by atoms with Gasteiger partial charge in [-0.25, -0.2) is 4.79 Å². The molecule has 2 N–H and O–H groups in total. The first-order valence-electron chi connectivity index (χ1n) is 9.16. The average molecular weight is 470 g/mol. The first-order valence-corrected chi connectivity index (χ1v) is 10.8. The zero-order valence-corrected chi connectivity index (χ0v) is 18.0. The minimum absolute atomic E-state index is 0.171. The molecule has 1 amide bonds. The number of amides is 1. The van der Waals surface area contributed by atoms with Crippen LogP contribution in [0, 0.1) is 11.8 Å². The van der Waals surface area contributed by atoms with E-state index in [1.54, 1.807) is 23.6 Å². The van der Waals surface area contributed by atoms with Crippen LogP contribution in [-0.2, 0) is 19.1 Å². The number of ether oxygens (including phenoxy) is 2. The maximum Gasteiger partial charge on any atom is 0.341 e. The maximum absolute atomic E-state index is 13.0. The number of carboxylic acid groups (broad SMARTS) is 1. The van der Waals surface area contributed by atoms with Crippen LogP contribution in [-0.4, -0.2) is 42.3 Å². The number of rotatable bonds is 5. The van der Waals surface area contributed by atoms with Gasteiger partial charge in [0.1, 0.15) is 10.6 Å². The molecule has 2 fully saturated rings. The van der Waals surface area contributed by atoms with Gasteiger partial charge in [0, 0.05) is 10.9 Å². The number of fused-ring (bicyclic) bond motifs is 2. The van der Waals surface area contributed by atoms with E-state index in [0.29, 0.717) is 34.0 Å². The lowest BCUT2D eigenvalue weighted by atomic mass is 9.79. The van der Waals surface area contributed by atoms with Crippen molar-refractivity contribution < 1.29 is 29.0 Å². The highest BCUT2D eigenvalue weighted by molar-refractivity contribution is 7.15. The summed E-state index contributed by atoms with van der Waals surface area (Å²) in [4.78, 5) is 37.2. The molecule has 158 valence electrons. The molecule has 2 aromatic rings. The van der Waals surface area contributed by atoms with Gasteiger partial charge in [-0.3, -0.25) is 9.59 Å². The van der Waals surface area contributed by atoms with E-state index in [9.17, 15) is 19.5 Å². The monoisotopic (exact) mass is 469 g/mol. The van der Waals surface area contributed by atoms with E-state index in [2.05, 4.69) is 5.32 Å². The van der Waals surface area contributed by atoms with Crippen LogP contribution in [0.1, 0.15) is 23.2 Å². The first-order chi connectivity index (χ1) is 14.3. The fourth-order valence-corrected chi connectivity index (χ4v) is 5.41. The lowest BCUT2D eigenvalue weighted by molar-refractivity contribution is -0.147. The molecule has 7 nitrogen and oxygen atoms in total. The Kier molecular flexibility index (Phi) is 5.76. The number of halogens is 2. The van der Waals surface area contributed by atoms with Gasteiger partial charge in [0.05, 0.1) is 41.2 Å². The number of methoxy groups -OCH3 is 1. The normalized spacial score (nSPS) is 24.6.